The summed E-state index contributed by atoms with van der Waals surface area (Å²) in [7, 11) is 0. The van der Waals surface area contributed by atoms with E-state index in [1.165, 1.54) is 6.07 Å². The average Bonchev–Trinajstić information content (AvgIpc) is 3.17. The number of nitrogens with zero attached hydrogens (tertiary/aromatic N) is 5. The van der Waals surface area contributed by atoms with Gasteiger partial charge in [-0.2, -0.15) is 0 Å². The van der Waals surface area contributed by atoms with Crippen LogP contribution in [0, 0.1) is 18.6 Å². The zero-order chi connectivity index (χ0) is 24.7. The smallest absolute Gasteiger partial charge is 0.229 e. The van der Waals surface area contributed by atoms with Crippen molar-refractivity contribution in [1.82, 2.24) is 24.8 Å². The maximum absolute atomic E-state index is 15.0. The lowest BCUT2D eigenvalue weighted by Crippen LogP contribution is -2.49. The highest BCUT2D eigenvalue weighted by atomic mass is 19.1. The molecule has 0 spiro atoms. The molecule has 2 N–H and O–H groups in total. The Hall–Kier alpha value is -3.59. The van der Waals surface area contributed by atoms with Crippen LogP contribution in [-0.2, 0) is 0 Å². The van der Waals surface area contributed by atoms with E-state index in [0.717, 1.165) is 37.2 Å². The minimum Gasteiger partial charge on any atom is -0.367 e. The highest BCUT2D eigenvalue weighted by molar-refractivity contribution is 5.87. The fourth-order valence-electron chi connectivity index (χ4n) is 4.79. The largest absolute Gasteiger partial charge is 0.367 e. The zero-order valence-electron chi connectivity index (χ0n) is 20.3. The van der Waals surface area contributed by atoms with Crippen molar-refractivity contribution in [2.45, 2.75) is 39.8 Å². The Morgan fingerprint density at radius 3 is 2.63 bits per heavy atom. The molecule has 1 aliphatic heterocycles. The molecule has 1 atom stereocenters. The number of piperazine rings is 1. The number of aryl methyl sites for hydroxylation is 1. The lowest BCUT2D eigenvalue weighted by Gasteiger charge is -2.33. The normalized spacial score (nSPS) is 16.3. The first-order chi connectivity index (χ1) is 16.8. The van der Waals surface area contributed by atoms with E-state index in [4.69, 9.17) is 0 Å². The van der Waals surface area contributed by atoms with Crippen molar-refractivity contribution in [3.63, 3.8) is 0 Å². The number of fused-ring (bicyclic) bond motifs is 1. The highest BCUT2D eigenvalue weighted by Gasteiger charge is 2.18. The molecule has 1 aliphatic rings. The van der Waals surface area contributed by atoms with Crippen LogP contribution in [0.3, 0.4) is 0 Å². The summed E-state index contributed by atoms with van der Waals surface area (Å²) >= 11 is 0. The monoisotopic (exact) mass is 477 g/mol. The second-order valence-corrected chi connectivity index (χ2v) is 9.36. The van der Waals surface area contributed by atoms with Crippen LogP contribution in [0.1, 0.15) is 32.5 Å². The molecule has 0 saturated carbocycles. The molecule has 1 fully saturated rings. The Balaban J connectivity index is 1.43. The summed E-state index contributed by atoms with van der Waals surface area (Å²) in [5.41, 5.74) is 3.08. The Morgan fingerprint density at radius 2 is 1.91 bits per heavy atom. The zero-order valence-corrected chi connectivity index (χ0v) is 20.3. The van der Waals surface area contributed by atoms with Crippen molar-refractivity contribution < 1.29 is 8.78 Å². The summed E-state index contributed by atoms with van der Waals surface area (Å²) in [6, 6.07) is 9.30. The third-order valence-corrected chi connectivity index (χ3v) is 6.36. The van der Waals surface area contributed by atoms with Crippen molar-refractivity contribution in [2.24, 2.45) is 0 Å². The van der Waals surface area contributed by atoms with Crippen LogP contribution in [0.15, 0.2) is 42.7 Å². The Bertz CT molecular complexity index is 1360. The third-order valence-electron chi connectivity index (χ3n) is 6.36. The van der Waals surface area contributed by atoms with Crippen LogP contribution in [0.5, 0.6) is 0 Å². The van der Waals surface area contributed by atoms with Gasteiger partial charge in [-0.3, -0.25) is 0 Å². The van der Waals surface area contributed by atoms with Crippen molar-refractivity contribution in [2.75, 3.05) is 29.9 Å². The molecule has 0 amide bonds. The second kappa shape index (κ2) is 9.22. The van der Waals surface area contributed by atoms with Crippen LogP contribution in [0.2, 0.25) is 0 Å². The van der Waals surface area contributed by atoms with E-state index in [1.54, 1.807) is 12.3 Å². The fraction of sp³-hybridized carbons (Fsp3) is 0.346. The van der Waals surface area contributed by atoms with Gasteiger partial charge in [-0.25, -0.2) is 23.7 Å². The Labute approximate surface area is 203 Å². The van der Waals surface area contributed by atoms with Gasteiger partial charge in [0.2, 0.25) is 5.95 Å². The lowest BCUT2D eigenvalue weighted by atomic mass is 10.1. The molecule has 35 heavy (non-hydrogen) atoms. The molecule has 4 aromatic rings. The molecule has 0 bridgehead atoms. The molecule has 1 saturated heterocycles. The van der Waals surface area contributed by atoms with Crippen molar-refractivity contribution in [3.05, 3.63) is 60.1 Å². The van der Waals surface area contributed by atoms with Crippen molar-refractivity contribution in [3.8, 4) is 11.3 Å². The summed E-state index contributed by atoms with van der Waals surface area (Å²) in [6.07, 6.45) is 2.90. The molecule has 1 unspecified atom stereocenters. The molecular formula is C26H29F2N7. The topological polar surface area (TPSA) is 70.9 Å². The first kappa shape index (κ1) is 23.2. The number of rotatable bonds is 5. The molecule has 5 rings (SSSR count). The fourth-order valence-corrected chi connectivity index (χ4v) is 4.79. The number of anilines is 3. The summed E-state index contributed by atoms with van der Waals surface area (Å²) in [5.74, 6) is -0.300. The number of nitrogens with one attached hydrogen (secondary N) is 2. The van der Waals surface area contributed by atoms with E-state index in [2.05, 4.69) is 37.4 Å². The molecule has 3 aromatic heterocycles. The van der Waals surface area contributed by atoms with Gasteiger partial charge in [0.15, 0.2) is 5.82 Å². The number of hydrogen-bond acceptors (Lipinski definition) is 6. The summed E-state index contributed by atoms with van der Waals surface area (Å²) in [5, 5.41) is 6.97. The minimum atomic E-state index is -0.621. The quantitative estimate of drug-likeness (QED) is 0.412. The molecule has 7 nitrogen and oxygen atoms in total. The summed E-state index contributed by atoms with van der Waals surface area (Å²) in [4.78, 5) is 15.2. The maximum atomic E-state index is 15.0. The maximum Gasteiger partial charge on any atom is 0.229 e. The Morgan fingerprint density at radius 1 is 1.09 bits per heavy atom. The van der Waals surface area contributed by atoms with Crippen LogP contribution in [0.4, 0.5) is 26.2 Å². The van der Waals surface area contributed by atoms with Gasteiger partial charge < -0.3 is 20.1 Å². The van der Waals surface area contributed by atoms with Gasteiger partial charge >= 0.3 is 0 Å². The van der Waals surface area contributed by atoms with Crippen LogP contribution < -0.4 is 15.5 Å². The van der Waals surface area contributed by atoms with E-state index in [-0.39, 0.29) is 17.7 Å². The second-order valence-electron chi connectivity index (χ2n) is 9.36. The molecule has 4 heterocycles. The first-order valence-corrected chi connectivity index (χ1v) is 11.9. The van der Waals surface area contributed by atoms with Crippen LogP contribution in [0.25, 0.3) is 22.2 Å². The molecule has 0 aliphatic carbocycles. The summed E-state index contributed by atoms with van der Waals surface area (Å²) in [6.45, 7) is 10.9. The van der Waals surface area contributed by atoms with Crippen molar-refractivity contribution in [1.29, 1.82) is 0 Å². The third kappa shape index (κ3) is 4.55. The number of pyridine rings is 1. The predicted octanol–water partition coefficient (Wildman–Crippen LogP) is 5.20. The number of halogens is 2. The van der Waals surface area contributed by atoms with Gasteiger partial charge in [-0.15, -0.1) is 0 Å². The predicted molar refractivity (Wildman–Crippen MR) is 135 cm³/mol. The van der Waals surface area contributed by atoms with Gasteiger partial charge in [0, 0.05) is 48.4 Å². The molecule has 1 aromatic carbocycles. The first-order valence-electron chi connectivity index (χ1n) is 11.9. The number of aromatic nitrogens is 4. The molecule has 182 valence electrons. The number of benzene rings is 1. The van der Waals surface area contributed by atoms with Crippen molar-refractivity contribution >= 4 is 28.4 Å². The van der Waals surface area contributed by atoms with Gasteiger partial charge in [0.25, 0.3) is 0 Å². The summed E-state index contributed by atoms with van der Waals surface area (Å²) < 4.78 is 31.8. The van der Waals surface area contributed by atoms with Crippen LogP contribution in [-0.4, -0.2) is 45.2 Å². The van der Waals surface area contributed by atoms with E-state index >= 15 is 0 Å². The minimum absolute atomic E-state index is 0.0314. The SMILES string of the molecule is Cc1cc2c(F)cc(-c3nc(Nc4ccc(N5CCNC(C)C5)cn4)ncc3F)cc2n1C(C)C. The van der Waals surface area contributed by atoms with Gasteiger partial charge in [-0.1, -0.05) is 0 Å². The van der Waals surface area contributed by atoms with E-state index < -0.39 is 11.6 Å². The van der Waals surface area contributed by atoms with Gasteiger partial charge in [0.1, 0.15) is 17.3 Å². The lowest BCUT2D eigenvalue weighted by molar-refractivity contribution is 0.484. The average molecular weight is 478 g/mol. The van der Waals surface area contributed by atoms with Crippen LogP contribution >= 0.6 is 0 Å². The van der Waals surface area contributed by atoms with E-state index in [0.29, 0.717) is 28.3 Å². The van der Waals surface area contributed by atoms with E-state index in [9.17, 15) is 8.78 Å². The van der Waals surface area contributed by atoms with Gasteiger partial charge in [-0.05, 0) is 58.0 Å². The Kier molecular flexibility index (Phi) is 6.10. The number of hydrogen-bond donors (Lipinski definition) is 2. The molecule has 0 radical (unpaired) electrons. The van der Waals surface area contributed by atoms with Gasteiger partial charge in [0.05, 0.1) is 23.6 Å². The van der Waals surface area contributed by atoms with E-state index in [1.807, 2.05) is 43.5 Å². The molecular weight excluding hydrogens is 448 g/mol. The standard InChI is InChI=1S/C26H29F2N7/c1-15(2)35-17(4)9-20-21(27)10-18(11-23(20)35)25-22(28)13-31-26(33-25)32-24-6-5-19(12-30-24)34-8-7-29-16(3)14-34/h5-6,9-13,15-16,29H,7-8,14H2,1-4H3,(H,30,31,32,33). The molecule has 9 heteroatoms. The highest BCUT2D eigenvalue weighted by Crippen LogP contribution is 2.32.